The predicted molar refractivity (Wildman–Crippen MR) is 106 cm³/mol. The Balaban J connectivity index is 1.39. The predicted octanol–water partition coefficient (Wildman–Crippen LogP) is 1.36. The van der Waals surface area contributed by atoms with Gasteiger partial charge in [0.15, 0.2) is 0 Å². The van der Waals surface area contributed by atoms with Gasteiger partial charge in [-0.2, -0.15) is 0 Å². The zero-order valence-electron chi connectivity index (χ0n) is 15.7. The van der Waals surface area contributed by atoms with Crippen LogP contribution < -0.4 is 10.6 Å². The highest BCUT2D eigenvalue weighted by molar-refractivity contribution is 5.92. The maximum absolute atomic E-state index is 12.3. The lowest BCUT2D eigenvalue weighted by Crippen LogP contribution is -2.39. The van der Waals surface area contributed by atoms with Crippen molar-refractivity contribution in [2.75, 3.05) is 6.54 Å². The van der Waals surface area contributed by atoms with Crippen LogP contribution in [0.1, 0.15) is 24.8 Å². The minimum Gasteiger partial charge on any atom is -0.391 e. The van der Waals surface area contributed by atoms with Crippen molar-refractivity contribution in [3.63, 3.8) is 0 Å². The van der Waals surface area contributed by atoms with Crippen molar-refractivity contribution in [3.8, 4) is 0 Å². The largest absolute Gasteiger partial charge is 0.391 e. The number of carbonyl (C=O) groups is 2. The fourth-order valence-corrected chi connectivity index (χ4v) is 3.39. The zero-order chi connectivity index (χ0) is 19.8. The molecular formula is C21H26N4O3. The molecule has 1 saturated carbocycles. The van der Waals surface area contributed by atoms with Crippen LogP contribution in [0.2, 0.25) is 0 Å². The molecule has 1 aromatic carbocycles. The molecule has 1 aliphatic rings. The third-order valence-corrected chi connectivity index (χ3v) is 4.91. The quantitative estimate of drug-likeness (QED) is 0.474. The molecule has 3 rings (SSSR count). The van der Waals surface area contributed by atoms with Gasteiger partial charge in [-0.25, -0.2) is 4.98 Å². The van der Waals surface area contributed by atoms with Gasteiger partial charge in [-0.15, -0.1) is 0 Å². The van der Waals surface area contributed by atoms with Gasteiger partial charge in [-0.3, -0.25) is 9.59 Å². The van der Waals surface area contributed by atoms with E-state index in [4.69, 9.17) is 0 Å². The summed E-state index contributed by atoms with van der Waals surface area (Å²) in [5.41, 5.74) is 0.928. The first kappa shape index (κ1) is 19.8. The van der Waals surface area contributed by atoms with Crippen LogP contribution in [0.15, 0.2) is 55.1 Å². The summed E-state index contributed by atoms with van der Waals surface area (Å²) in [6.45, 7) is 1.36. The van der Waals surface area contributed by atoms with Crippen molar-refractivity contribution in [1.82, 2.24) is 20.2 Å². The number of hydrogen-bond donors (Lipinski definition) is 3. The van der Waals surface area contributed by atoms with E-state index in [-0.39, 0.29) is 17.7 Å². The van der Waals surface area contributed by atoms with Crippen LogP contribution in [-0.4, -0.2) is 45.2 Å². The molecule has 28 heavy (non-hydrogen) atoms. The SMILES string of the molecule is O=C(/C=C/c1ccccc1)N[C@@H]1C[C@H](C(=O)NCCCn2ccnc2)C[C@H]1O. The molecule has 0 unspecified atom stereocenters. The van der Waals surface area contributed by atoms with Gasteiger partial charge in [0.1, 0.15) is 0 Å². The molecule has 3 N–H and O–H groups in total. The van der Waals surface area contributed by atoms with Crippen molar-refractivity contribution in [3.05, 3.63) is 60.7 Å². The number of imidazole rings is 1. The van der Waals surface area contributed by atoms with Crippen molar-refractivity contribution >= 4 is 17.9 Å². The molecule has 0 spiro atoms. The van der Waals surface area contributed by atoms with E-state index in [1.807, 2.05) is 41.1 Å². The highest BCUT2D eigenvalue weighted by Gasteiger charge is 2.37. The summed E-state index contributed by atoms with van der Waals surface area (Å²) >= 11 is 0. The second kappa shape index (κ2) is 9.85. The molecule has 0 saturated heterocycles. The number of rotatable bonds is 8. The van der Waals surface area contributed by atoms with E-state index in [0.29, 0.717) is 19.4 Å². The summed E-state index contributed by atoms with van der Waals surface area (Å²) in [5, 5.41) is 15.9. The number of nitrogens with zero attached hydrogens (tertiary/aromatic N) is 2. The normalized spacial score (nSPS) is 21.7. The van der Waals surface area contributed by atoms with E-state index in [1.54, 1.807) is 18.6 Å². The van der Waals surface area contributed by atoms with Gasteiger partial charge in [0, 0.05) is 37.5 Å². The molecule has 1 aliphatic carbocycles. The van der Waals surface area contributed by atoms with Crippen LogP contribution >= 0.6 is 0 Å². The molecule has 3 atom stereocenters. The number of nitrogens with one attached hydrogen (secondary N) is 2. The van der Waals surface area contributed by atoms with E-state index >= 15 is 0 Å². The van der Waals surface area contributed by atoms with Crippen molar-refractivity contribution in [1.29, 1.82) is 0 Å². The molecule has 2 aromatic rings. The number of benzene rings is 1. The molecule has 1 fully saturated rings. The minimum absolute atomic E-state index is 0.0683. The average molecular weight is 382 g/mol. The van der Waals surface area contributed by atoms with Crippen LogP contribution in [0.4, 0.5) is 0 Å². The number of aromatic nitrogens is 2. The summed E-state index contributed by atoms with van der Waals surface area (Å²) in [7, 11) is 0. The summed E-state index contributed by atoms with van der Waals surface area (Å²) in [5.74, 6) is -0.623. The Kier molecular flexibility index (Phi) is 6.97. The van der Waals surface area contributed by atoms with E-state index in [1.165, 1.54) is 6.08 Å². The molecule has 1 heterocycles. The standard InChI is InChI=1S/C21H26N4O3/c26-19-14-17(21(28)23-9-4-11-25-12-10-22-15-25)13-18(19)24-20(27)8-7-16-5-2-1-3-6-16/h1-3,5-8,10,12,15,17-19,26H,4,9,11,13-14H2,(H,23,28)(H,24,27)/b8-7+/t17-,18+,19+/m0/s1. The zero-order valence-corrected chi connectivity index (χ0v) is 15.7. The van der Waals surface area contributed by atoms with Crippen LogP contribution in [-0.2, 0) is 16.1 Å². The molecule has 7 nitrogen and oxygen atoms in total. The van der Waals surface area contributed by atoms with Crippen molar-refractivity contribution in [2.45, 2.75) is 38.0 Å². The number of aliphatic hydroxyl groups excluding tert-OH is 1. The lowest BCUT2D eigenvalue weighted by atomic mass is 10.1. The number of hydrogen-bond acceptors (Lipinski definition) is 4. The van der Waals surface area contributed by atoms with Gasteiger partial charge >= 0.3 is 0 Å². The van der Waals surface area contributed by atoms with Crippen LogP contribution in [0.3, 0.4) is 0 Å². The molecule has 0 bridgehead atoms. The Morgan fingerprint density at radius 1 is 1.25 bits per heavy atom. The Morgan fingerprint density at radius 3 is 2.82 bits per heavy atom. The van der Waals surface area contributed by atoms with Gasteiger partial charge in [-0.1, -0.05) is 30.3 Å². The monoisotopic (exact) mass is 382 g/mol. The third kappa shape index (κ3) is 5.79. The molecule has 148 valence electrons. The highest BCUT2D eigenvalue weighted by atomic mass is 16.3. The summed E-state index contributed by atoms with van der Waals surface area (Å²) < 4.78 is 1.96. The summed E-state index contributed by atoms with van der Waals surface area (Å²) in [4.78, 5) is 28.4. The Hall–Kier alpha value is -2.93. The summed E-state index contributed by atoms with van der Waals surface area (Å²) in [6.07, 6.45) is 9.43. The van der Waals surface area contributed by atoms with E-state index in [0.717, 1.165) is 18.5 Å². The maximum atomic E-state index is 12.3. The smallest absolute Gasteiger partial charge is 0.244 e. The molecule has 7 heteroatoms. The highest BCUT2D eigenvalue weighted by Crippen LogP contribution is 2.26. The molecule has 1 aromatic heterocycles. The summed E-state index contributed by atoms with van der Waals surface area (Å²) in [6, 6.07) is 9.11. The number of amides is 2. The number of aliphatic hydroxyl groups is 1. The van der Waals surface area contributed by atoms with Crippen molar-refractivity contribution in [2.24, 2.45) is 5.92 Å². The van der Waals surface area contributed by atoms with Crippen LogP contribution in [0, 0.1) is 5.92 Å². The third-order valence-electron chi connectivity index (χ3n) is 4.91. The topological polar surface area (TPSA) is 96.3 Å². The van der Waals surface area contributed by atoms with E-state index < -0.39 is 12.1 Å². The first-order chi connectivity index (χ1) is 13.6. The average Bonchev–Trinajstić information content (AvgIpc) is 3.34. The van der Waals surface area contributed by atoms with E-state index in [2.05, 4.69) is 15.6 Å². The molecule has 0 radical (unpaired) electrons. The molecule has 0 aliphatic heterocycles. The fourth-order valence-electron chi connectivity index (χ4n) is 3.39. The number of carbonyl (C=O) groups excluding carboxylic acids is 2. The Bertz CT molecular complexity index is 789. The molecule has 2 amide bonds. The van der Waals surface area contributed by atoms with Gasteiger partial charge < -0.3 is 20.3 Å². The van der Waals surface area contributed by atoms with Gasteiger partial charge in [-0.05, 0) is 30.9 Å². The molecular weight excluding hydrogens is 356 g/mol. The Labute approximate surface area is 164 Å². The lowest BCUT2D eigenvalue weighted by Gasteiger charge is -2.15. The fraction of sp³-hybridized carbons (Fsp3) is 0.381. The first-order valence-electron chi connectivity index (χ1n) is 9.57. The second-order valence-electron chi connectivity index (χ2n) is 7.04. The Morgan fingerprint density at radius 2 is 2.07 bits per heavy atom. The first-order valence-corrected chi connectivity index (χ1v) is 9.57. The van der Waals surface area contributed by atoms with Crippen LogP contribution in [0.25, 0.3) is 6.08 Å². The van der Waals surface area contributed by atoms with Gasteiger partial charge in [0.25, 0.3) is 0 Å². The minimum atomic E-state index is -0.712. The lowest BCUT2D eigenvalue weighted by molar-refractivity contribution is -0.125. The maximum Gasteiger partial charge on any atom is 0.244 e. The van der Waals surface area contributed by atoms with Crippen LogP contribution in [0.5, 0.6) is 0 Å². The van der Waals surface area contributed by atoms with Gasteiger partial charge in [0.2, 0.25) is 11.8 Å². The van der Waals surface area contributed by atoms with E-state index in [9.17, 15) is 14.7 Å². The second-order valence-corrected chi connectivity index (χ2v) is 7.04. The van der Waals surface area contributed by atoms with Gasteiger partial charge in [0.05, 0.1) is 18.5 Å². The van der Waals surface area contributed by atoms with Crippen molar-refractivity contribution < 1.29 is 14.7 Å². The number of aryl methyl sites for hydroxylation is 1.